The van der Waals surface area contributed by atoms with Gasteiger partial charge >= 0.3 is 12.1 Å². The van der Waals surface area contributed by atoms with Gasteiger partial charge in [-0.05, 0) is 24.1 Å². The van der Waals surface area contributed by atoms with Crippen molar-refractivity contribution in [2.75, 3.05) is 13.2 Å². The summed E-state index contributed by atoms with van der Waals surface area (Å²) in [5.74, 6) is -0.987. The lowest BCUT2D eigenvalue weighted by Gasteiger charge is -2.06. The van der Waals surface area contributed by atoms with Crippen LogP contribution in [0.2, 0.25) is 0 Å². The molecule has 1 rings (SSSR count). The predicted octanol–water partition coefficient (Wildman–Crippen LogP) is 0.610. The number of carboxylic acid groups (broad SMARTS) is 1. The normalized spacial score (nSPS) is 9.60. The second-order valence-electron chi connectivity index (χ2n) is 3.59. The Morgan fingerprint density at radius 1 is 1.40 bits per heavy atom. The first-order valence-electron chi connectivity index (χ1n) is 5.51. The van der Waals surface area contributed by atoms with Gasteiger partial charge in [0.1, 0.15) is 18.9 Å². The number of ether oxygens (including phenoxy) is 1. The van der Waals surface area contributed by atoms with Gasteiger partial charge in [0.15, 0.2) is 0 Å². The van der Waals surface area contributed by atoms with Crippen LogP contribution in [0.1, 0.15) is 5.56 Å². The van der Waals surface area contributed by atoms with Crippen LogP contribution >= 0.6 is 0 Å². The summed E-state index contributed by atoms with van der Waals surface area (Å²) in [6, 6.07) is 6.29. The van der Waals surface area contributed by atoms with Crippen LogP contribution in [0.5, 0.6) is 5.75 Å². The molecule has 0 saturated carbocycles. The van der Waals surface area contributed by atoms with E-state index in [4.69, 9.17) is 9.84 Å². The first-order valence-corrected chi connectivity index (χ1v) is 5.51. The zero-order chi connectivity index (χ0) is 15.0. The van der Waals surface area contributed by atoms with Crippen molar-refractivity contribution in [1.82, 2.24) is 5.32 Å². The molecule has 9 nitrogen and oxygen atoms in total. The standard InChI is InChI=1S/C11H12N2O7/c14-10(15)7-12-11(16)20-9-3-1-2-8(6-9)4-5-19-13(17)18/h1-3,6H,4-5,7H2,(H,12,16)(H,14,15). The minimum Gasteiger partial charge on any atom is -0.480 e. The Bertz CT molecular complexity index is 503. The Morgan fingerprint density at radius 3 is 2.80 bits per heavy atom. The molecule has 0 saturated heterocycles. The van der Waals surface area contributed by atoms with Crippen molar-refractivity contribution in [3.8, 4) is 5.75 Å². The largest absolute Gasteiger partial charge is 0.480 e. The Hall–Kier alpha value is -2.84. The molecule has 0 spiro atoms. The number of aliphatic carboxylic acids is 1. The highest BCUT2D eigenvalue weighted by molar-refractivity contribution is 5.77. The molecule has 0 aliphatic heterocycles. The monoisotopic (exact) mass is 284 g/mol. The lowest BCUT2D eigenvalue weighted by atomic mass is 10.1. The van der Waals surface area contributed by atoms with Gasteiger partial charge in [-0.15, -0.1) is 10.1 Å². The maximum absolute atomic E-state index is 11.2. The van der Waals surface area contributed by atoms with Gasteiger partial charge in [0.2, 0.25) is 0 Å². The van der Waals surface area contributed by atoms with Crippen LogP contribution in [-0.4, -0.2) is 35.4 Å². The molecule has 0 unspecified atom stereocenters. The molecule has 0 heterocycles. The number of hydrogen-bond donors (Lipinski definition) is 2. The number of nitrogens with one attached hydrogen (secondary N) is 1. The van der Waals surface area contributed by atoms with Crippen LogP contribution in [0.3, 0.4) is 0 Å². The molecular weight excluding hydrogens is 272 g/mol. The fourth-order valence-corrected chi connectivity index (χ4v) is 1.29. The summed E-state index contributed by atoms with van der Waals surface area (Å²) in [6.45, 7) is -0.656. The maximum atomic E-state index is 11.2. The van der Waals surface area contributed by atoms with E-state index in [1.165, 1.54) is 12.1 Å². The van der Waals surface area contributed by atoms with Gasteiger partial charge in [-0.2, -0.15) is 0 Å². The summed E-state index contributed by atoms with van der Waals surface area (Å²) in [4.78, 5) is 35.6. The molecule has 1 aromatic rings. The molecule has 108 valence electrons. The molecule has 20 heavy (non-hydrogen) atoms. The third-order valence-electron chi connectivity index (χ3n) is 2.08. The first-order chi connectivity index (χ1) is 9.47. The molecule has 0 fully saturated rings. The van der Waals surface area contributed by atoms with E-state index in [0.717, 1.165) is 0 Å². The van der Waals surface area contributed by atoms with E-state index in [0.29, 0.717) is 5.56 Å². The van der Waals surface area contributed by atoms with E-state index in [2.05, 4.69) is 4.84 Å². The number of benzene rings is 1. The van der Waals surface area contributed by atoms with Crippen LogP contribution in [-0.2, 0) is 16.1 Å². The topological polar surface area (TPSA) is 128 Å². The molecule has 9 heteroatoms. The second kappa shape index (κ2) is 7.56. The zero-order valence-corrected chi connectivity index (χ0v) is 10.3. The van der Waals surface area contributed by atoms with Crippen LogP contribution in [0.15, 0.2) is 24.3 Å². The molecule has 1 aromatic carbocycles. The van der Waals surface area contributed by atoms with Crippen molar-refractivity contribution in [2.45, 2.75) is 6.42 Å². The van der Waals surface area contributed by atoms with Crippen molar-refractivity contribution < 1.29 is 29.4 Å². The van der Waals surface area contributed by atoms with Gasteiger partial charge in [-0.25, -0.2) is 4.79 Å². The Labute approximate surface area is 113 Å². The number of hydrogen-bond acceptors (Lipinski definition) is 6. The van der Waals surface area contributed by atoms with Crippen molar-refractivity contribution >= 4 is 12.1 Å². The SMILES string of the molecule is O=C(O)CNC(=O)Oc1cccc(CCO[N+](=O)[O-])c1. The average Bonchev–Trinajstić information content (AvgIpc) is 2.36. The number of amides is 1. The number of rotatable bonds is 7. The van der Waals surface area contributed by atoms with E-state index in [1.807, 2.05) is 5.32 Å². The Kier molecular flexibility index (Phi) is 5.75. The van der Waals surface area contributed by atoms with Crippen LogP contribution < -0.4 is 10.1 Å². The van der Waals surface area contributed by atoms with Gasteiger partial charge in [0, 0.05) is 0 Å². The fraction of sp³-hybridized carbons (Fsp3) is 0.273. The number of carbonyl (C=O) groups is 2. The fourth-order valence-electron chi connectivity index (χ4n) is 1.29. The summed E-state index contributed by atoms with van der Waals surface area (Å²) < 4.78 is 4.84. The van der Waals surface area contributed by atoms with Gasteiger partial charge in [0.25, 0.3) is 5.09 Å². The van der Waals surface area contributed by atoms with Crippen molar-refractivity contribution in [3.63, 3.8) is 0 Å². The van der Waals surface area contributed by atoms with Gasteiger partial charge < -0.3 is 20.0 Å². The molecule has 0 aromatic heterocycles. The first kappa shape index (κ1) is 15.2. The Balaban J connectivity index is 2.48. The Morgan fingerprint density at radius 2 is 2.15 bits per heavy atom. The van der Waals surface area contributed by atoms with Crippen LogP contribution in [0, 0.1) is 10.1 Å². The third kappa shape index (κ3) is 6.19. The van der Waals surface area contributed by atoms with Crippen molar-refractivity contribution in [1.29, 1.82) is 0 Å². The van der Waals surface area contributed by atoms with Crippen LogP contribution in [0.25, 0.3) is 0 Å². The number of nitrogens with zero attached hydrogens (tertiary/aromatic N) is 1. The van der Waals surface area contributed by atoms with Crippen molar-refractivity contribution in [2.24, 2.45) is 0 Å². The number of carboxylic acids is 1. The van der Waals surface area contributed by atoms with Crippen molar-refractivity contribution in [3.05, 3.63) is 39.9 Å². The van der Waals surface area contributed by atoms with Gasteiger partial charge in [-0.1, -0.05) is 12.1 Å². The molecular formula is C11H12N2O7. The highest BCUT2D eigenvalue weighted by atomic mass is 16.9. The average molecular weight is 284 g/mol. The third-order valence-corrected chi connectivity index (χ3v) is 2.08. The lowest BCUT2D eigenvalue weighted by Crippen LogP contribution is -2.31. The predicted molar refractivity (Wildman–Crippen MR) is 64.8 cm³/mol. The van der Waals surface area contributed by atoms with E-state index < -0.39 is 23.7 Å². The highest BCUT2D eigenvalue weighted by Crippen LogP contribution is 2.14. The quantitative estimate of drug-likeness (QED) is 0.554. The minimum absolute atomic E-state index is 0.109. The molecule has 0 bridgehead atoms. The van der Waals surface area contributed by atoms with E-state index >= 15 is 0 Å². The number of carbonyl (C=O) groups excluding carboxylic acids is 1. The molecule has 0 aliphatic carbocycles. The minimum atomic E-state index is -1.19. The summed E-state index contributed by atoms with van der Waals surface area (Å²) in [5.41, 5.74) is 0.676. The maximum Gasteiger partial charge on any atom is 0.413 e. The lowest BCUT2D eigenvalue weighted by molar-refractivity contribution is -0.757. The summed E-state index contributed by atoms with van der Waals surface area (Å²) in [5, 5.41) is 19.5. The van der Waals surface area contributed by atoms with Gasteiger partial charge in [0.05, 0.1) is 0 Å². The summed E-state index contributed by atoms with van der Waals surface area (Å²) >= 11 is 0. The van der Waals surface area contributed by atoms with Gasteiger partial charge in [-0.3, -0.25) is 4.79 Å². The molecule has 0 atom stereocenters. The summed E-state index contributed by atoms with van der Waals surface area (Å²) in [6.07, 6.45) is -0.624. The smallest absolute Gasteiger partial charge is 0.413 e. The molecule has 0 aliphatic rings. The van der Waals surface area contributed by atoms with E-state index in [9.17, 15) is 19.7 Å². The molecule has 1 amide bonds. The summed E-state index contributed by atoms with van der Waals surface area (Å²) in [7, 11) is 0. The molecule has 2 N–H and O–H groups in total. The van der Waals surface area contributed by atoms with E-state index in [-0.39, 0.29) is 18.8 Å². The van der Waals surface area contributed by atoms with Crippen LogP contribution in [0.4, 0.5) is 4.79 Å². The second-order valence-corrected chi connectivity index (χ2v) is 3.59. The zero-order valence-electron chi connectivity index (χ0n) is 10.3. The molecule has 0 radical (unpaired) electrons. The highest BCUT2D eigenvalue weighted by Gasteiger charge is 2.07. The van der Waals surface area contributed by atoms with E-state index in [1.54, 1.807) is 12.1 Å².